The summed E-state index contributed by atoms with van der Waals surface area (Å²) in [5.41, 5.74) is 7.13. The van der Waals surface area contributed by atoms with Gasteiger partial charge in [0.2, 0.25) is 0 Å². The van der Waals surface area contributed by atoms with Gasteiger partial charge in [-0.05, 0) is 47.5 Å². The van der Waals surface area contributed by atoms with Gasteiger partial charge in [-0.25, -0.2) is 4.39 Å². The Morgan fingerprint density at radius 3 is 2.42 bits per heavy atom. The summed E-state index contributed by atoms with van der Waals surface area (Å²) in [5, 5.41) is 0. The Bertz CT molecular complexity index is 601. The van der Waals surface area contributed by atoms with Crippen molar-refractivity contribution in [2.45, 2.75) is 17.2 Å². The first-order chi connectivity index (χ1) is 9.10. The summed E-state index contributed by atoms with van der Waals surface area (Å²) in [7, 11) is -1.21. The Labute approximate surface area is 122 Å². The van der Waals surface area contributed by atoms with Gasteiger partial charge >= 0.3 is 0 Å². The molecule has 0 heterocycles. The Balaban J connectivity index is 2.23. The molecule has 100 valence electrons. The second kappa shape index (κ2) is 6.41. The molecule has 0 spiro atoms. The third-order valence-electron chi connectivity index (χ3n) is 2.75. The first kappa shape index (κ1) is 14.4. The quantitative estimate of drug-likeness (QED) is 0.926. The first-order valence-electron chi connectivity index (χ1n) is 5.71. The molecule has 0 saturated carbocycles. The second-order valence-electron chi connectivity index (χ2n) is 4.06. The van der Waals surface area contributed by atoms with E-state index in [9.17, 15) is 8.60 Å². The molecular formula is C14H13BrFNOS. The van der Waals surface area contributed by atoms with Crippen LogP contribution in [0.1, 0.15) is 11.1 Å². The predicted molar refractivity (Wildman–Crippen MR) is 78.5 cm³/mol. The molecule has 0 fully saturated rings. The van der Waals surface area contributed by atoms with E-state index in [0.717, 1.165) is 14.9 Å². The van der Waals surface area contributed by atoms with Crippen molar-refractivity contribution in [2.75, 3.05) is 0 Å². The van der Waals surface area contributed by atoms with Crippen LogP contribution < -0.4 is 5.73 Å². The highest BCUT2D eigenvalue weighted by Gasteiger charge is 2.09. The summed E-state index contributed by atoms with van der Waals surface area (Å²) in [6.45, 7) is 0.313. The average Bonchev–Trinajstić information content (AvgIpc) is 2.39. The van der Waals surface area contributed by atoms with Crippen LogP contribution in [0.3, 0.4) is 0 Å². The van der Waals surface area contributed by atoms with E-state index >= 15 is 0 Å². The van der Waals surface area contributed by atoms with E-state index in [-0.39, 0.29) is 11.6 Å². The molecule has 2 N–H and O–H groups in total. The molecule has 0 bridgehead atoms. The van der Waals surface area contributed by atoms with Crippen LogP contribution in [0.2, 0.25) is 0 Å². The van der Waals surface area contributed by atoms with Crippen molar-refractivity contribution in [1.82, 2.24) is 0 Å². The van der Waals surface area contributed by atoms with E-state index in [4.69, 9.17) is 5.73 Å². The monoisotopic (exact) mass is 341 g/mol. The summed E-state index contributed by atoms with van der Waals surface area (Å²) < 4.78 is 26.4. The van der Waals surface area contributed by atoms with Gasteiger partial charge in [0.1, 0.15) is 5.82 Å². The Morgan fingerprint density at radius 2 is 1.79 bits per heavy atom. The van der Waals surface area contributed by atoms with E-state index < -0.39 is 10.8 Å². The minimum Gasteiger partial charge on any atom is -0.326 e. The number of halogens is 2. The van der Waals surface area contributed by atoms with Gasteiger partial charge < -0.3 is 5.73 Å². The maximum Gasteiger partial charge on any atom is 0.123 e. The molecule has 2 nitrogen and oxygen atoms in total. The fraction of sp³-hybridized carbons (Fsp3) is 0.143. The lowest BCUT2D eigenvalue weighted by molar-refractivity contribution is 0.625. The lowest BCUT2D eigenvalue weighted by Gasteiger charge is -2.08. The summed E-state index contributed by atoms with van der Waals surface area (Å²) in [6.07, 6.45) is 0. The molecule has 0 amide bonds. The average molecular weight is 342 g/mol. The topological polar surface area (TPSA) is 43.1 Å². The smallest absolute Gasteiger partial charge is 0.123 e. The third-order valence-corrected chi connectivity index (χ3v) is 4.65. The minimum atomic E-state index is -1.21. The highest BCUT2D eigenvalue weighted by Crippen LogP contribution is 2.19. The van der Waals surface area contributed by atoms with Gasteiger partial charge in [0.05, 0.1) is 16.6 Å². The molecule has 2 rings (SSSR count). The number of hydrogen-bond acceptors (Lipinski definition) is 2. The molecular weight excluding hydrogens is 329 g/mol. The molecule has 0 aromatic heterocycles. The van der Waals surface area contributed by atoms with Gasteiger partial charge in [-0.1, -0.05) is 22.0 Å². The summed E-state index contributed by atoms with van der Waals surface area (Å²) in [5.74, 6) is -0.0636. The maximum atomic E-state index is 13.2. The Kier molecular flexibility index (Phi) is 4.85. The van der Waals surface area contributed by atoms with E-state index in [0.29, 0.717) is 12.1 Å². The molecule has 0 aliphatic rings. The van der Waals surface area contributed by atoms with Gasteiger partial charge in [0.25, 0.3) is 0 Å². The second-order valence-corrected chi connectivity index (χ2v) is 6.43. The standard InChI is InChI=1S/C14H13BrFNOS/c15-12-2-5-14(6-3-12)19(18)9-11-7-13(16)4-1-10(11)8-17/h1-7H,8-9,17H2. The number of benzene rings is 2. The fourth-order valence-corrected chi connectivity index (χ4v) is 3.16. The lowest BCUT2D eigenvalue weighted by atomic mass is 10.1. The first-order valence-corrected chi connectivity index (χ1v) is 7.82. The normalized spacial score (nSPS) is 12.4. The molecule has 2 aromatic rings. The molecule has 1 unspecified atom stereocenters. The number of nitrogens with two attached hydrogens (primary N) is 1. The van der Waals surface area contributed by atoms with Gasteiger partial charge in [-0.15, -0.1) is 0 Å². The molecule has 5 heteroatoms. The molecule has 2 aromatic carbocycles. The van der Waals surface area contributed by atoms with Crippen LogP contribution in [0, 0.1) is 5.82 Å². The SMILES string of the molecule is NCc1ccc(F)cc1CS(=O)c1ccc(Br)cc1. The largest absolute Gasteiger partial charge is 0.326 e. The fourth-order valence-electron chi connectivity index (χ4n) is 1.74. The van der Waals surface area contributed by atoms with Crippen LogP contribution >= 0.6 is 15.9 Å². The van der Waals surface area contributed by atoms with Crippen LogP contribution in [-0.2, 0) is 23.1 Å². The Morgan fingerprint density at radius 1 is 1.11 bits per heavy atom. The highest BCUT2D eigenvalue weighted by molar-refractivity contribution is 9.10. The van der Waals surface area contributed by atoms with Crippen molar-refractivity contribution >= 4 is 26.7 Å². The highest BCUT2D eigenvalue weighted by atomic mass is 79.9. The molecule has 0 radical (unpaired) electrons. The summed E-state index contributed by atoms with van der Waals surface area (Å²) >= 11 is 3.33. The van der Waals surface area contributed by atoms with Crippen molar-refractivity contribution in [3.05, 3.63) is 63.9 Å². The summed E-state index contributed by atoms with van der Waals surface area (Å²) in [4.78, 5) is 0.718. The van der Waals surface area contributed by atoms with Crippen molar-refractivity contribution in [3.8, 4) is 0 Å². The van der Waals surface area contributed by atoms with Gasteiger partial charge in [0, 0.05) is 15.9 Å². The van der Waals surface area contributed by atoms with Crippen LogP contribution in [0.15, 0.2) is 51.8 Å². The van der Waals surface area contributed by atoms with E-state index in [2.05, 4.69) is 15.9 Å². The van der Waals surface area contributed by atoms with Crippen molar-refractivity contribution in [2.24, 2.45) is 5.73 Å². The zero-order valence-corrected chi connectivity index (χ0v) is 12.5. The molecule has 1 atom stereocenters. The molecule has 0 aliphatic heterocycles. The van der Waals surface area contributed by atoms with Crippen LogP contribution in [0.4, 0.5) is 4.39 Å². The van der Waals surface area contributed by atoms with Crippen molar-refractivity contribution in [3.63, 3.8) is 0 Å². The van der Waals surface area contributed by atoms with E-state index in [1.807, 2.05) is 12.1 Å². The minimum absolute atomic E-state index is 0.270. The van der Waals surface area contributed by atoms with Crippen molar-refractivity contribution in [1.29, 1.82) is 0 Å². The van der Waals surface area contributed by atoms with Crippen LogP contribution in [0.5, 0.6) is 0 Å². The number of rotatable bonds is 4. The lowest BCUT2D eigenvalue weighted by Crippen LogP contribution is -2.05. The molecule has 19 heavy (non-hydrogen) atoms. The molecule has 0 saturated heterocycles. The zero-order valence-electron chi connectivity index (χ0n) is 10.1. The zero-order chi connectivity index (χ0) is 13.8. The van der Waals surface area contributed by atoms with Gasteiger partial charge in [-0.2, -0.15) is 0 Å². The van der Waals surface area contributed by atoms with Crippen molar-refractivity contribution < 1.29 is 8.60 Å². The van der Waals surface area contributed by atoms with Crippen LogP contribution in [0.25, 0.3) is 0 Å². The van der Waals surface area contributed by atoms with E-state index in [1.165, 1.54) is 12.1 Å². The Hall–Kier alpha value is -1.04. The van der Waals surface area contributed by atoms with E-state index in [1.54, 1.807) is 18.2 Å². The maximum absolute atomic E-state index is 13.2. The van der Waals surface area contributed by atoms with Gasteiger partial charge in [-0.3, -0.25) is 4.21 Å². The predicted octanol–water partition coefficient (Wildman–Crippen LogP) is 3.35. The molecule has 0 aliphatic carbocycles. The van der Waals surface area contributed by atoms with Crippen LogP contribution in [-0.4, -0.2) is 4.21 Å². The third kappa shape index (κ3) is 3.72. The number of hydrogen-bond donors (Lipinski definition) is 1. The van der Waals surface area contributed by atoms with Gasteiger partial charge in [0.15, 0.2) is 0 Å². The summed E-state index contributed by atoms with van der Waals surface area (Å²) in [6, 6.07) is 11.7.